The van der Waals surface area contributed by atoms with Crippen LogP contribution in [0.4, 0.5) is 0 Å². The highest BCUT2D eigenvalue weighted by molar-refractivity contribution is 5.94. The van der Waals surface area contributed by atoms with Crippen LogP contribution in [-0.4, -0.2) is 44.7 Å². The topological polar surface area (TPSA) is 74.8 Å². The molecule has 6 heteroatoms. The van der Waals surface area contributed by atoms with E-state index in [1.165, 1.54) is 32.1 Å². The van der Waals surface area contributed by atoms with E-state index in [0.29, 0.717) is 24.8 Å². The fourth-order valence-corrected chi connectivity index (χ4v) is 3.20. The number of aliphatic imine (C=N–C) groups is 1. The summed E-state index contributed by atoms with van der Waals surface area (Å²) in [4.78, 5) is 16.0. The summed E-state index contributed by atoms with van der Waals surface area (Å²) >= 11 is 0. The van der Waals surface area contributed by atoms with E-state index in [0.717, 1.165) is 31.1 Å². The number of hydrogen-bond donors (Lipinski definition) is 3. The molecule has 1 amide bonds. The molecule has 0 heterocycles. The van der Waals surface area contributed by atoms with Crippen molar-refractivity contribution in [2.24, 2.45) is 4.99 Å². The van der Waals surface area contributed by atoms with E-state index in [2.05, 4.69) is 20.9 Å². The lowest BCUT2D eigenvalue weighted by atomic mass is 9.98. The molecule has 0 saturated heterocycles. The highest BCUT2D eigenvalue weighted by Gasteiger charge is 2.13. The third kappa shape index (κ3) is 7.99. The van der Waals surface area contributed by atoms with E-state index in [-0.39, 0.29) is 5.91 Å². The number of benzene rings is 1. The van der Waals surface area contributed by atoms with Gasteiger partial charge in [-0.2, -0.15) is 0 Å². The zero-order valence-corrected chi connectivity index (χ0v) is 16.7. The normalized spacial score (nSPS) is 15.4. The number of amides is 1. The van der Waals surface area contributed by atoms with Crippen molar-refractivity contribution in [1.29, 1.82) is 0 Å². The molecule has 0 aliphatic heterocycles. The molecule has 1 saturated carbocycles. The molecule has 1 aliphatic carbocycles. The predicted octanol–water partition coefficient (Wildman–Crippen LogP) is 2.84. The van der Waals surface area contributed by atoms with Crippen LogP contribution in [0.3, 0.4) is 0 Å². The van der Waals surface area contributed by atoms with E-state index < -0.39 is 0 Å². The van der Waals surface area contributed by atoms with Crippen molar-refractivity contribution in [3.05, 3.63) is 35.4 Å². The Morgan fingerprint density at radius 2 is 1.85 bits per heavy atom. The van der Waals surface area contributed by atoms with Gasteiger partial charge in [-0.05, 0) is 43.9 Å². The lowest BCUT2D eigenvalue weighted by Gasteiger charge is -2.22. The Morgan fingerprint density at radius 3 is 2.52 bits per heavy atom. The Bertz CT molecular complexity index is 580. The molecular weight excluding hydrogens is 340 g/mol. The maximum atomic E-state index is 11.8. The van der Waals surface area contributed by atoms with Crippen LogP contribution in [0.1, 0.15) is 61.4 Å². The average Bonchev–Trinajstić information content (AvgIpc) is 2.71. The van der Waals surface area contributed by atoms with Crippen LogP contribution in [-0.2, 0) is 11.3 Å². The predicted molar refractivity (Wildman–Crippen MR) is 110 cm³/mol. The molecule has 1 aromatic carbocycles. The maximum absolute atomic E-state index is 11.8. The van der Waals surface area contributed by atoms with Gasteiger partial charge in [-0.1, -0.05) is 31.4 Å². The second kappa shape index (κ2) is 12.3. The van der Waals surface area contributed by atoms with E-state index in [1.54, 1.807) is 7.05 Å². The van der Waals surface area contributed by atoms with Gasteiger partial charge in [0, 0.05) is 38.9 Å². The molecule has 3 N–H and O–H groups in total. The Balaban J connectivity index is 1.62. The third-order valence-corrected chi connectivity index (χ3v) is 4.76. The summed E-state index contributed by atoms with van der Waals surface area (Å²) in [6.07, 6.45) is 7.85. The highest BCUT2D eigenvalue weighted by atomic mass is 16.5. The second-order valence-electron chi connectivity index (χ2n) is 6.89. The number of ether oxygens (including phenoxy) is 1. The minimum Gasteiger partial charge on any atom is -0.378 e. The summed E-state index contributed by atoms with van der Waals surface area (Å²) in [7, 11) is 1.77. The van der Waals surface area contributed by atoms with Crippen LogP contribution in [0.5, 0.6) is 0 Å². The van der Waals surface area contributed by atoms with Crippen molar-refractivity contribution in [3.8, 4) is 0 Å². The van der Waals surface area contributed by atoms with Crippen LogP contribution < -0.4 is 16.0 Å². The first-order valence-corrected chi connectivity index (χ1v) is 10.2. The Labute approximate surface area is 163 Å². The lowest BCUT2D eigenvalue weighted by molar-refractivity contribution is 0.0277. The summed E-state index contributed by atoms with van der Waals surface area (Å²) in [5.74, 6) is 0.741. The number of rotatable bonds is 9. The van der Waals surface area contributed by atoms with Gasteiger partial charge in [0.05, 0.1) is 6.10 Å². The molecule has 0 unspecified atom stereocenters. The van der Waals surface area contributed by atoms with Crippen molar-refractivity contribution in [3.63, 3.8) is 0 Å². The number of guanidine groups is 1. The largest absolute Gasteiger partial charge is 0.378 e. The number of nitrogens with zero attached hydrogens (tertiary/aromatic N) is 1. The van der Waals surface area contributed by atoms with Crippen LogP contribution in [0.25, 0.3) is 0 Å². The van der Waals surface area contributed by atoms with E-state index in [9.17, 15) is 4.79 Å². The first-order chi connectivity index (χ1) is 13.2. The number of carbonyl (C=O) groups is 1. The van der Waals surface area contributed by atoms with Gasteiger partial charge in [-0.15, -0.1) is 0 Å². The third-order valence-electron chi connectivity index (χ3n) is 4.76. The van der Waals surface area contributed by atoms with Gasteiger partial charge in [0.15, 0.2) is 5.96 Å². The van der Waals surface area contributed by atoms with Gasteiger partial charge in [-0.3, -0.25) is 9.79 Å². The molecule has 1 fully saturated rings. The molecule has 0 spiro atoms. The van der Waals surface area contributed by atoms with Gasteiger partial charge in [0.2, 0.25) is 0 Å². The zero-order chi connectivity index (χ0) is 19.3. The fourth-order valence-electron chi connectivity index (χ4n) is 3.20. The van der Waals surface area contributed by atoms with Gasteiger partial charge >= 0.3 is 0 Å². The van der Waals surface area contributed by atoms with Crippen molar-refractivity contribution < 1.29 is 9.53 Å². The maximum Gasteiger partial charge on any atom is 0.251 e. The summed E-state index contributed by atoms with van der Waals surface area (Å²) in [6.45, 7) is 4.85. The van der Waals surface area contributed by atoms with Crippen LogP contribution in [0.2, 0.25) is 0 Å². The van der Waals surface area contributed by atoms with Crippen LogP contribution in [0, 0.1) is 0 Å². The van der Waals surface area contributed by atoms with Crippen molar-refractivity contribution >= 4 is 11.9 Å². The highest BCUT2D eigenvalue weighted by Crippen LogP contribution is 2.20. The number of hydrogen-bond acceptors (Lipinski definition) is 3. The quantitative estimate of drug-likeness (QED) is 0.353. The van der Waals surface area contributed by atoms with Crippen molar-refractivity contribution in [2.75, 3.05) is 26.7 Å². The summed E-state index contributed by atoms with van der Waals surface area (Å²) < 4.78 is 5.94. The van der Waals surface area contributed by atoms with E-state index in [4.69, 9.17) is 4.74 Å². The minimum absolute atomic E-state index is 0.0371. The van der Waals surface area contributed by atoms with Gasteiger partial charge < -0.3 is 20.7 Å². The van der Waals surface area contributed by atoms with Crippen molar-refractivity contribution in [2.45, 2.75) is 58.1 Å². The van der Waals surface area contributed by atoms with E-state index >= 15 is 0 Å². The molecule has 150 valence electrons. The molecular formula is C21H34N4O2. The fraction of sp³-hybridized carbons (Fsp3) is 0.619. The standard InChI is InChI=1S/C21H34N4O2/c1-3-23-20(26)18-12-10-17(11-13-18)16-25-21(22-2)24-14-7-15-27-19-8-5-4-6-9-19/h10-13,19H,3-9,14-16H2,1-2H3,(H,23,26)(H2,22,24,25). The van der Waals surface area contributed by atoms with E-state index in [1.807, 2.05) is 31.2 Å². The molecule has 0 aromatic heterocycles. The SMILES string of the molecule is CCNC(=O)c1ccc(CNC(=NC)NCCCOC2CCCCC2)cc1. The Kier molecular flexibility index (Phi) is 9.69. The van der Waals surface area contributed by atoms with Gasteiger partial charge in [0.1, 0.15) is 0 Å². The van der Waals surface area contributed by atoms with Gasteiger partial charge in [-0.25, -0.2) is 0 Å². The summed E-state index contributed by atoms with van der Waals surface area (Å²) in [5, 5.41) is 9.42. The molecule has 27 heavy (non-hydrogen) atoms. The molecule has 1 aromatic rings. The lowest BCUT2D eigenvalue weighted by Crippen LogP contribution is -2.37. The first-order valence-electron chi connectivity index (χ1n) is 10.2. The number of nitrogens with one attached hydrogen (secondary N) is 3. The summed E-state index contributed by atoms with van der Waals surface area (Å²) in [5.41, 5.74) is 1.78. The first kappa shape index (κ1) is 21.2. The van der Waals surface area contributed by atoms with Gasteiger partial charge in [0.25, 0.3) is 5.91 Å². The smallest absolute Gasteiger partial charge is 0.251 e. The molecule has 2 rings (SSSR count). The number of carbonyl (C=O) groups excluding carboxylic acids is 1. The second-order valence-corrected chi connectivity index (χ2v) is 6.89. The summed E-state index contributed by atoms with van der Waals surface area (Å²) in [6, 6.07) is 7.62. The monoisotopic (exact) mass is 374 g/mol. The zero-order valence-electron chi connectivity index (χ0n) is 16.7. The Morgan fingerprint density at radius 1 is 1.11 bits per heavy atom. The molecule has 6 nitrogen and oxygen atoms in total. The van der Waals surface area contributed by atoms with Crippen molar-refractivity contribution in [1.82, 2.24) is 16.0 Å². The Hall–Kier alpha value is -2.08. The molecule has 0 atom stereocenters. The molecule has 0 radical (unpaired) electrons. The molecule has 1 aliphatic rings. The van der Waals surface area contributed by atoms with Crippen LogP contribution in [0.15, 0.2) is 29.3 Å². The minimum atomic E-state index is -0.0371. The molecule has 0 bridgehead atoms. The average molecular weight is 375 g/mol. The van der Waals surface area contributed by atoms with Crippen LogP contribution >= 0.6 is 0 Å².